The molecule has 0 aliphatic heterocycles. The van der Waals surface area contributed by atoms with Crippen molar-refractivity contribution in [2.45, 2.75) is 0 Å². The molecule has 0 aliphatic rings. The number of benzene rings is 2. The highest BCUT2D eigenvalue weighted by Crippen LogP contribution is 2.23. The molecule has 2 aromatic heterocycles. The summed E-state index contributed by atoms with van der Waals surface area (Å²) in [5, 5.41) is 2.26. The van der Waals surface area contributed by atoms with Gasteiger partial charge in [-0.3, -0.25) is 9.36 Å². The van der Waals surface area contributed by atoms with Crippen molar-refractivity contribution in [1.82, 2.24) is 9.55 Å². The molecule has 0 N–H and O–H groups in total. The van der Waals surface area contributed by atoms with Crippen LogP contribution in [0.1, 0.15) is 11.4 Å². The SMILES string of the molecule is O=c1c2sccc2nc(/C=C/c2ccccc2F)n1-c1ccccc1Cl. The highest BCUT2D eigenvalue weighted by molar-refractivity contribution is 7.17. The van der Waals surface area contributed by atoms with Crippen LogP contribution in [-0.2, 0) is 0 Å². The van der Waals surface area contributed by atoms with Gasteiger partial charge in [-0.1, -0.05) is 41.9 Å². The van der Waals surface area contributed by atoms with E-state index < -0.39 is 0 Å². The number of nitrogens with zero attached hydrogens (tertiary/aromatic N) is 2. The van der Waals surface area contributed by atoms with Gasteiger partial charge in [0.1, 0.15) is 16.3 Å². The number of halogens is 2. The maximum absolute atomic E-state index is 13.9. The minimum atomic E-state index is -0.341. The summed E-state index contributed by atoms with van der Waals surface area (Å²) in [6, 6.07) is 15.3. The minimum Gasteiger partial charge on any atom is -0.267 e. The maximum atomic E-state index is 13.9. The van der Waals surface area contributed by atoms with Gasteiger partial charge < -0.3 is 0 Å². The molecule has 0 saturated heterocycles. The third kappa shape index (κ3) is 2.96. The minimum absolute atomic E-state index is 0.203. The summed E-state index contributed by atoms with van der Waals surface area (Å²) in [5.74, 6) is 0.0456. The van der Waals surface area contributed by atoms with Crippen LogP contribution in [0.15, 0.2) is 64.8 Å². The summed E-state index contributed by atoms with van der Waals surface area (Å²) < 4.78 is 15.9. The van der Waals surface area contributed by atoms with Gasteiger partial charge in [0.15, 0.2) is 0 Å². The second-order valence-corrected chi connectivity index (χ2v) is 6.88. The van der Waals surface area contributed by atoms with Gasteiger partial charge in [-0.25, -0.2) is 9.37 Å². The maximum Gasteiger partial charge on any atom is 0.276 e. The summed E-state index contributed by atoms with van der Waals surface area (Å²) in [5.41, 5.74) is 1.36. The highest BCUT2D eigenvalue weighted by Gasteiger charge is 2.14. The van der Waals surface area contributed by atoms with Gasteiger partial charge >= 0.3 is 0 Å². The average Bonchev–Trinajstić information content (AvgIpc) is 3.11. The largest absolute Gasteiger partial charge is 0.276 e. The molecule has 0 bridgehead atoms. The zero-order valence-electron chi connectivity index (χ0n) is 13.4. The molecule has 0 spiro atoms. The Balaban J connectivity index is 1.96. The van der Waals surface area contributed by atoms with Crippen molar-refractivity contribution in [1.29, 1.82) is 0 Å². The van der Waals surface area contributed by atoms with E-state index in [2.05, 4.69) is 4.98 Å². The summed E-state index contributed by atoms with van der Waals surface area (Å²) in [4.78, 5) is 17.6. The monoisotopic (exact) mass is 382 g/mol. The van der Waals surface area contributed by atoms with Crippen molar-refractivity contribution in [3.63, 3.8) is 0 Å². The normalized spacial score (nSPS) is 11.5. The van der Waals surface area contributed by atoms with Gasteiger partial charge in [-0.15, -0.1) is 11.3 Å². The number of hydrogen-bond donors (Lipinski definition) is 0. The van der Waals surface area contributed by atoms with Gasteiger partial charge in [-0.05, 0) is 41.8 Å². The smallest absolute Gasteiger partial charge is 0.267 e. The molecule has 4 aromatic rings. The highest BCUT2D eigenvalue weighted by atomic mass is 35.5. The Bertz CT molecular complexity index is 1200. The topological polar surface area (TPSA) is 34.9 Å². The van der Waals surface area contributed by atoms with Crippen molar-refractivity contribution in [2.24, 2.45) is 0 Å². The molecule has 0 amide bonds. The number of hydrogen-bond acceptors (Lipinski definition) is 3. The molecule has 0 fully saturated rings. The third-order valence-corrected chi connectivity index (χ3v) is 5.13. The Hall–Kier alpha value is -2.76. The van der Waals surface area contributed by atoms with Crippen LogP contribution in [0.2, 0.25) is 5.02 Å². The van der Waals surface area contributed by atoms with Crippen LogP contribution >= 0.6 is 22.9 Å². The second-order valence-electron chi connectivity index (χ2n) is 5.55. The zero-order valence-corrected chi connectivity index (χ0v) is 15.0. The van der Waals surface area contributed by atoms with Gasteiger partial charge in [0, 0.05) is 5.56 Å². The summed E-state index contributed by atoms with van der Waals surface area (Å²) in [7, 11) is 0. The lowest BCUT2D eigenvalue weighted by atomic mass is 10.2. The molecule has 4 rings (SSSR count). The molecular formula is C20H12ClFN2OS. The van der Waals surface area contributed by atoms with Crippen LogP contribution in [-0.4, -0.2) is 9.55 Å². The van der Waals surface area contributed by atoms with Gasteiger partial charge in [0.25, 0.3) is 5.56 Å². The van der Waals surface area contributed by atoms with Crippen LogP contribution in [0.3, 0.4) is 0 Å². The van der Waals surface area contributed by atoms with E-state index in [1.54, 1.807) is 60.7 Å². The van der Waals surface area contributed by atoms with E-state index in [4.69, 9.17) is 11.6 Å². The molecule has 2 heterocycles. The van der Waals surface area contributed by atoms with Crippen LogP contribution in [0.25, 0.3) is 28.1 Å². The second kappa shape index (κ2) is 6.86. The Morgan fingerprint density at radius 3 is 2.62 bits per heavy atom. The molecule has 0 radical (unpaired) electrons. The number of thiophene rings is 1. The van der Waals surface area contributed by atoms with E-state index in [9.17, 15) is 9.18 Å². The number of rotatable bonds is 3. The van der Waals surface area contributed by atoms with E-state index in [1.807, 2.05) is 5.38 Å². The van der Waals surface area contributed by atoms with Gasteiger partial charge in [0.2, 0.25) is 0 Å². The number of aromatic nitrogens is 2. The van der Waals surface area contributed by atoms with E-state index >= 15 is 0 Å². The van der Waals surface area contributed by atoms with E-state index in [1.165, 1.54) is 22.0 Å². The Kier molecular flexibility index (Phi) is 4.41. The molecule has 0 aliphatic carbocycles. The summed E-state index contributed by atoms with van der Waals surface area (Å²) in [6.07, 6.45) is 3.23. The molecule has 3 nitrogen and oxygen atoms in total. The number of fused-ring (bicyclic) bond motifs is 1. The van der Waals surface area contributed by atoms with E-state index in [-0.39, 0.29) is 11.4 Å². The lowest BCUT2D eigenvalue weighted by Gasteiger charge is -2.11. The Morgan fingerprint density at radius 2 is 1.81 bits per heavy atom. The lowest BCUT2D eigenvalue weighted by Crippen LogP contribution is -2.21. The van der Waals surface area contributed by atoms with E-state index in [0.29, 0.717) is 32.3 Å². The predicted octanol–water partition coefficient (Wildman–Crippen LogP) is 5.41. The van der Waals surface area contributed by atoms with Crippen molar-refractivity contribution in [3.8, 4) is 5.69 Å². The molecule has 128 valence electrons. The first-order chi connectivity index (χ1) is 12.6. The average molecular weight is 383 g/mol. The zero-order chi connectivity index (χ0) is 18.1. The van der Waals surface area contributed by atoms with Crippen LogP contribution in [0, 0.1) is 5.82 Å². The van der Waals surface area contributed by atoms with E-state index in [0.717, 1.165) is 0 Å². The quantitative estimate of drug-likeness (QED) is 0.475. The Morgan fingerprint density at radius 1 is 1.04 bits per heavy atom. The predicted molar refractivity (Wildman–Crippen MR) is 106 cm³/mol. The van der Waals surface area contributed by atoms with Crippen LogP contribution in [0.5, 0.6) is 0 Å². The first kappa shape index (κ1) is 16.7. The molecular weight excluding hydrogens is 371 g/mol. The first-order valence-corrected chi connectivity index (χ1v) is 9.08. The van der Waals surface area contributed by atoms with Gasteiger partial charge in [0.05, 0.1) is 16.2 Å². The van der Waals surface area contributed by atoms with Crippen molar-refractivity contribution < 1.29 is 4.39 Å². The molecule has 0 unspecified atom stereocenters. The summed E-state index contributed by atoms with van der Waals surface area (Å²) >= 11 is 7.63. The molecule has 0 saturated carbocycles. The molecule has 0 atom stereocenters. The molecule has 26 heavy (non-hydrogen) atoms. The summed E-state index contributed by atoms with van der Waals surface area (Å²) in [6.45, 7) is 0. The fraction of sp³-hybridized carbons (Fsp3) is 0. The fourth-order valence-corrected chi connectivity index (χ4v) is 3.66. The molecule has 6 heteroatoms. The van der Waals surface area contributed by atoms with Crippen molar-refractivity contribution in [3.05, 3.63) is 92.6 Å². The molecule has 2 aromatic carbocycles. The number of para-hydroxylation sites is 1. The van der Waals surface area contributed by atoms with Crippen molar-refractivity contribution in [2.75, 3.05) is 0 Å². The third-order valence-electron chi connectivity index (χ3n) is 3.92. The fourth-order valence-electron chi connectivity index (χ4n) is 2.68. The van der Waals surface area contributed by atoms with Gasteiger partial charge in [-0.2, -0.15) is 0 Å². The van der Waals surface area contributed by atoms with Crippen LogP contribution < -0.4 is 5.56 Å². The van der Waals surface area contributed by atoms with Crippen LogP contribution in [0.4, 0.5) is 4.39 Å². The first-order valence-electron chi connectivity index (χ1n) is 7.83. The standard InChI is InChI=1S/C20H12ClFN2OS/c21-14-6-2-4-8-17(14)24-18(10-9-13-5-1-3-7-15(13)22)23-16-11-12-26-19(16)20(24)25/h1-12H/b10-9+. The lowest BCUT2D eigenvalue weighted by molar-refractivity contribution is 0.625. The van der Waals surface area contributed by atoms with Crippen molar-refractivity contribution >= 4 is 45.3 Å². The Labute approximate surface area is 157 Å².